The van der Waals surface area contributed by atoms with Crippen molar-refractivity contribution in [1.29, 1.82) is 0 Å². The summed E-state index contributed by atoms with van der Waals surface area (Å²) in [4.78, 5) is 29.3. The second-order valence-corrected chi connectivity index (χ2v) is 7.64. The van der Waals surface area contributed by atoms with Crippen molar-refractivity contribution in [3.63, 3.8) is 0 Å². The van der Waals surface area contributed by atoms with Crippen LogP contribution in [0, 0.1) is 6.92 Å². The molecule has 0 spiro atoms. The van der Waals surface area contributed by atoms with Gasteiger partial charge in [0.1, 0.15) is 5.75 Å². The predicted octanol–water partition coefficient (Wildman–Crippen LogP) is 3.11. The molecule has 0 saturated carbocycles. The van der Waals surface area contributed by atoms with Gasteiger partial charge in [-0.25, -0.2) is 0 Å². The summed E-state index contributed by atoms with van der Waals surface area (Å²) in [5.74, 6) is 0.893. The van der Waals surface area contributed by atoms with Crippen LogP contribution in [0.5, 0.6) is 5.75 Å². The number of carbonyl (C=O) groups is 2. The highest BCUT2D eigenvalue weighted by Crippen LogP contribution is 2.17. The molecule has 1 aliphatic heterocycles. The Hall–Kier alpha value is -2.86. The van der Waals surface area contributed by atoms with E-state index < -0.39 is 0 Å². The van der Waals surface area contributed by atoms with Gasteiger partial charge in [0.05, 0.1) is 19.1 Å². The molecule has 1 fully saturated rings. The lowest BCUT2D eigenvalue weighted by atomic mass is 10.0. The third kappa shape index (κ3) is 5.60. The van der Waals surface area contributed by atoms with Crippen molar-refractivity contribution in [3.8, 4) is 5.75 Å². The average molecular weight is 410 g/mol. The van der Waals surface area contributed by atoms with Crippen LogP contribution in [0.25, 0.3) is 0 Å². The van der Waals surface area contributed by atoms with Gasteiger partial charge in [-0.2, -0.15) is 0 Å². The van der Waals surface area contributed by atoms with Crippen LogP contribution >= 0.6 is 0 Å². The van der Waals surface area contributed by atoms with Crippen molar-refractivity contribution in [1.82, 2.24) is 9.80 Å². The Labute approximate surface area is 178 Å². The highest BCUT2D eigenvalue weighted by atomic mass is 16.5. The molecule has 160 valence electrons. The standard InChI is InChI=1S/C24H31N3O3/c1-4-30-22-11-9-21(10-12-22)25-24(29)19(3)26-13-15-27(16-14-26)23(28)17-20-8-6-5-7-18(20)2/h5-12,19H,4,13-17H2,1-3H3,(H,25,29). The van der Waals surface area contributed by atoms with Gasteiger partial charge in [0.2, 0.25) is 11.8 Å². The van der Waals surface area contributed by atoms with Gasteiger partial charge in [-0.05, 0) is 56.2 Å². The molecule has 6 heteroatoms. The number of aryl methyl sites for hydroxylation is 1. The fraction of sp³-hybridized carbons (Fsp3) is 0.417. The number of nitrogens with one attached hydrogen (secondary N) is 1. The van der Waals surface area contributed by atoms with E-state index in [4.69, 9.17) is 4.74 Å². The minimum Gasteiger partial charge on any atom is -0.494 e. The normalized spacial score (nSPS) is 15.5. The third-order valence-corrected chi connectivity index (χ3v) is 5.63. The van der Waals surface area contributed by atoms with E-state index >= 15 is 0 Å². The number of hydrogen-bond donors (Lipinski definition) is 1. The molecule has 2 aromatic carbocycles. The monoisotopic (exact) mass is 409 g/mol. The van der Waals surface area contributed by atoms with E-state index in [1.807, 2.05) is 74.2 Å². The smallest absolute Gasteiger partial charge is 0.241 e. The van der Waals surface area contributed by atoms with Gasteiger partial charge >= 0.3 is 0 Å². The van der Waals surface area contributed by atoms with Crippen molar-refractivity contribution < 1.29 is 14.3 Å². The van der Waals surface area contributed by atoms with E-state index in [1.165, 1.54) is 0 Å². The van der Waals surface area contributed by atoms with E-state index in [0.717, 1.165) is 22.6 Å². The first kappa shape index (κ1) is 21.8. The number of benzene rings is 2. The quantitative estimate of drug-likeness (QED) is 0.763. The molecule has 0 bridgehead atoms. The maximum absolute atomic E-state index is 12.7. The van der Waals surface area contributed by atoms with Crippen LogP contribution in [0.3, 0.4) is 0 Å². The third-order valence-electron chi connectivity index (χ3n) is 5.63. The molecule has 1 unspecified atom stereocenters. The van der Waals surface area contributed by atoms with Gasteiger partial charge in [0, 0.05) is 31.9 Å². The molecule has 1 atom stereocenters. The summed E-state index contributed by atoms with van der Waals surface area (Å²) in [5.41, 5.74) is 2.97. The summed E-state index contributed by atoms with van der Waals surface area (Å²) >= 11 is 0. The van der Waals surface area contributed by atoms with Crippen LogP contribution in [0.4, 0.5) is 5.69 Å². The van der Waals surface area contributed by atoms with Gasteiger partial charge in [-0.15, -0.1) is 0 Å². The molecule has 2 aromatic rings. The lowest BCUT2D eigenvalue weighted by Gasteiger charge is -2.37. The van der Waals surface area contributed by atoms with Crippen LogP contribution in [-0.4, -0.2) is 60.4 Å². The molecule has 0 radical (unpaired) electrons. The molecule has 30 heavy (non-hydrogen) atoms. The highest BCUT2D eigenvalue weighted by molar-refractivity contribution is 5.94. The first-order valence-electron chi connectivity index (χ1n) is 10.6. The van der Waals surface area contributed by atoms with Gasteiger partial charge < -0.3 is 15.0 Å². The van der Waals surface area contributed by atoms with Crippen LogP contribution in [0.15, 0.2) is 48.5 Å². The Bertz CT molecular complexity index is 858. The molecule has 2 amide bonds. The van der Waals surface area contributed by atoms with E-state index in [0.29, 0.717) is 39.2 Å². The second-order valence-electron chi connectivity index (χ2n) is 7.64. The second kappa shape index (κ2) is 10.3. The zero-order valence-electron chi connectivity index (χ0n) is 18.1. The zero-order chi connectivity index (χ0) is 21.5. The molecular weight excluding hydrogens is 378 g/mol. The minimum absolute atomic E-state index is 0.0427. The number of nitrogens with zero attached hydrogens (tertiary/aromatic N) is 2. The molecule has 1 saturated heterocycles. The van der Waals surface area contributed by atoms with Crippen molar-refractivity contribution in [2.24, 2.45) is 0 Å². The summed E-state index contributed by atoms with van der Waals surface area (Å²) in [6.45, 7) is 9.17. The van der Waals surface area contributed by atoms with Gasteiger partial charge in [-0.1, -0.05) is 24.3 Å². The number of piperazine rings is 1. The Balaban J connectivity index is 1.48. The number of ether oxygens (including phenoxy) is 1. The number of carbonyl (C=O) groups excluding carboxylic acids is 2. The van der Waals surface area contributed by atoms with Crippen molar-refractivity contribution in [2.75, 3.05) is 38.1 Å². The summed E-state index contributed by atoms with van der Waals surface area (Å²) in [6.07, 6.45) is 0.431. The van der Waals surface area contributed by atoms with Gasteiger partial charge in [0.25, 0.3) is 0 Å². The molecule has 6 nitrogen and oxygen atoms in total. The number of rotatable bonds is 7. The summed E-state index contributed by atoms with van der Waals surface area (Å²) in [7, 11) is 0. The molecule has 1 heterocycles. The SMILES string of the molecule is CCOc1ccc(NC(=O)C(C)N2CCN(C(=O)Cc3ccccc3C)CC2)cc1. The van der Waals surface area contributed by atoms with E-state index in [1.54, 1.807) is 0 Å². The molecule has 0 aromatic heterocycles. The topological polar surface area (TPSA) is 61.9 Å². The molecule has 0 aliphatic carbocycles. The van der Waals surface area contributed by atoms with E-state index in [-0.39, 0.29) is 17.9 Å². The Morgan fingerprint density at radius 2 is 1.70 bits per heavy atom. The highest BCUT2D eigenvalue weighted by Gasteiger charge is 2.27. The Kier molecular flexibility index (Phi) is 7.46. The minimum atomic E-state index is -0.259. The average Bonchev–Trinajstić information content (AvgIpc) is 2.76. The van der Waals surface area contributed by atoms with Crippen LogP contribution in [0.1, 0.15) is 25.0 Å². The largest absolute Gasteiger partial charge is 0.494 e. The van der Waals surface area contributed by atoms with Gasteiger partial charge in [-0.3, -0.25) is 14.5 Å². The lowest BCUT2D eigenvalue weighted by Crippen LogP contribution is -2.54. The van der Waals surface area contributed by atoms with Crippen LogP contribution in [-0.2, 0) is 16.0 Å². The first-order valence-corrected chi connectivity index (χ1v) is 10.6. The fourth-order valence-corrected chi connectivity index (χ4v) is 3.66. The number of anilines is 1. The summed E-state index contributed by atoms with van der Waals surface area (Å²) < 4.78 is 5.43. The van der Waals surface area contributed by atoms with Crippen LogP contribution < -0.4 is 10.1 Å². The van der Waals surface area contributed by atoms with Crippen molar-refractivity contribution in [2.45, 2.75) is 33.2 Å². The van der Waals surface area contributed by atoms with Crippen molar-refractivity contribution in [3.05, 3.63) is 59.7 Å². The maximum atomic E-state index is 12.7. The zero-order valence-corrected chi connectivity index (χ0v) is 18.1. The molecular formula is C24H31N3O3. The Morgan fingerprint density at radius 1 is 1.03 bits per heavy atom. The summed E-state index contributed by atoms with van der Waals surface area (Å²) in [6, 6.07) is 15.1. The van der Waals surface area contributed by atoms with E-state index in [2.05, 4.69) is 10.2 Å². The fourth-order valence-electron chi connectivity index (χ4n) is 3.66. The molecule has 3 rings (SSSR count). The van der Waals surface area contributed by atoms with Crippen LogP contribution in [0.2, 0.25) is 0 Å². The molecule has 1 aliphatic rings. The maximum Gasteiger partial charge on any atom is 0.241 e. The van der Waals surface area contributed by atoms with Crippen molar-refractivity contribution >= 4 is 17.5 Å². The van der Waals surface area contributed by atoms with E-state index in [9.17, 15) is 9.59 Å². The van der Waals surface area contributed by atoms with Gasteiger partial charge in [0.15, 0.2) is 0 Å². The lowest BCUT2D eigenvalue weighted by molar-refractivity contribution is -0.133. The Morgan fingerprint density at radius 3 is 2.33 bits per heavy atom. The first-order chi connectivity index (χ1) is 14.5. The predicted molar refractivity (Wildman–Crippen MR) is 119 cm³/mol. The number of hydrogen-bond acceptors (Lipinski definition) is 4. The molecule has 1 N–H and O–H groups in total. The summed E-state index contributed by atoms with van der Waals surface area (Å²) in [5, 5.41) is 2.96. The number of amides is 2.